The highest BCUT2D eigenvalue weighted by Crippen LogP contribution is 2.18. The van der Waals surface area contributed by atoms with Crippen LogP contribution in [0.2, 0.25) is 0 Å². The first kappa shape index (κ1) is 16.9. The van der Waals surface area contributed by atoms with E-state index < -0.39 is 5.97 Å². The van der Waals surface area contributed by atoms with Crippen molar-refractivity contribution in [1.29, 1.82) is 0 Å². The number of amides is 1. The summed E-state index contributed by atoms with van der Waals surface area (Å²) in [5.41, 5.74) is 1.17. The number of hydrogen-bond acceptors (Lipinski definition) is 6. The molecule has 7 heteroatoms. The molecule has 1 aliphatic heterocycles. The number of piperidine rings is 1. The van der Waals surface area contributed by atoms with Crippen molar-refractivity contribution in [3.63, 3.8) is 0 Å². The van der Waals surface area contributed by atoms with E-state index in [0.29, 0.717) is 16.9 Å². The number of anilines is 2. The molecular weight excluding hydrogens is 320 g/mol. The SMILES string of the molecule is COC(=O)c1cccc(NC(=O)c2cc(N3CCCCC3)ncn2)c1. The molecule has 0 aliphatic carbocycles. The molecule has 0 unspecified atom stereocenters. The van der Waals surface area contributed by atoms with E-state index in [1.165, 1.54) is 19.9 Å². The third-order valence-electron chi connectivity index (χ3n) is 4.11. The highest BCUT2D eigenvalue weighted by Gasteiger charge is 2.16. The summed E-state index contributed by atoms with van der Waals surface area (Å²) in [5, 5.41) is 2.75. The lowest BCUT2D eigenvalue weighted by Crippen LogP contribution is -2.30. The van der Waals surface area contributed by atoms with E-state index in [1.54, 1.807) is 30.3 Å². The number of benzene rings is 1. The van der Waals surface area contributed by atoms with Crippen molar-refractivity contribution in [2.75, 3.05) is 30.4 Å². The van der Waals surface area contributed by atoms with Crippen LogP contribution < -0.4 is 10.2 Å². The van der Waals surface area contributed by atoms with Gasteiger partial charge in [-0.2, -0.15) is 0 Å². The molecule has 0 spiro atoms. The van der Waals surface area contributed by atoms with Crippen LogP contribution in [0.15, 0.2) is 36.7 Å². The Morgan fingerprint density at radius 3 is 2.68 bits per heavy atom. The first-order valence-corrected chi connectivity index (χ1v) is 8.24. The number of nitrogens with one attached hydrogen (secondary N) is 1. The van der Waals surface area contributed by atoms with E-state index in [2.05, 4.69) is 24.9 Å². The molecule has 1 aromatic heterocycles. The molecule has 1 saturated heterocycles. The Hall–Kier alpha value is -2.96. The van der Waals surface area contributed by atoms with Crippen LogP contribution in [0.25, 0.3) is 0 Å². The van der Waals surface area contributed by atoms with E-state index in [0.717, 1.165) is 31.7 Å². The van der Waals surface area contributed by atoms with Gasteiger partial charge in [-0.25, -0.2) is 14.8 Å². The number of rotatable bonds is 4. The minimum absolute atomic E-state index is 0.291. The lowest BCUT2D eigenvalue weighted by molar-refractivity contribution is 0.0600. The molecule has 1 fully saturated rings. The molecular formula is C18H20N4O3. The molecule has 2 aromatic rings. The van der Waals surface area contributed by atoms with Gasteiger partial charge in [0.2, 0.25) is 0 Å². The molecule has 1 N–H and O–H groups in total. The predicted molar refractivity (Wildman–Crippen MR) is 93.8 cm³/mol. The maximum atomic E-state index is 12.5. The van der Waals surface area contributed by atoms with Gasteiger partial charge in [0.25, 0.3) is 5.91 Å². The summed E-state index contributed by atoms with van der Waals surface area (Å²) in [6, 6.07) is 8.28. The van der Waals surface area contributed by atoms with Gasteiger partial charge in [0, 0.05) is 24.8 Å². The van der Waals surface area contributed by atoms with Crippen molar-refractivity contribution in [3.05, 3.63) is 47.9 Å². The Bertz CT molecular complexity index is 772. The normalized spacial score (nSPS) is 14.0. The van der Waals surface area contributed by atoms with Gasteiger partial charge >= 0.3 is 5.97 Å². The molecule has 7 nitrogen and oxygen atoms in total. The summed E-state index contributed by atoms with van der Waals surface area (Å²) in [4.78, 5) is 34.5. The topological polar surface area (TPSA) is 84.4 Å². The second-order valence-corrected chi connectivity index (χ2v) is 5.84. The second kappa shape index (κ2) is 7.74. The molecule has 25 heavy (non-hydrogen) atoms. The van der Waals surface area contributed by atoms with E-state index >= 15 is 0 Å². The van der Waals surface area contributed by atoms with E-state index in [4.69, 9.17) is 0 Å². The van der Waals surface area contributed by atoms with Gasteiger partial charge in [-0.3, -0.25) is 4.79 Å². The van der Waals surface area contributed by atoms with Crippen molar-refractivity contribution >= 4 is 23.4 Å². The third kappa shape index (κ3) is 4.12. The Balaban J connectivity index is 1.74. The largest absolute Gasteiger partial charge is 0.465 e. The number of aromatic nitrogens is 2. The maximum absolute atomic E-state index is 12.5. The van der Waals surface area contributed by atoms with Crippen LogP contribution in [0.3, 0.4) is 0 Å². The lowest BCUT2D eigenvalue weighted by Gasteiger charge is -2.27. The zero-order chi connectivity index (χ0) is 17.6. The maximum Gasteiger partial charge on any atom is 0.337 e. The number of methoxy groups -OCH3 is 1. The number of carbonyl (C=O) groups is 2. The molecule has 0 bridgehead atoms. The summed E-state index contributed by atoms with van der Waals surface area (Å²) >= 11 is 0. The molecule has 1 aromatic carbocycles. The Labute approximate surface area is 146 Å². The minimum Gasteiger partial charge on any atom is -0.465 e. The molecule has 1 amide bonds. The summed E-state index contributed by atoms with van der Waals surface area (Å²) in [7, 11) is 1.32. The van der Waals surface area contributed by atoms with Crippen LogP contribution in [0.1, 0.15) is 40.1 Å². The van der Waals surface area contributed by atoms with Crippen molar-refractivity contribution in [1.82, 2.24) is 9.97 Å². The van der Waals surface area contributed by atoms with Gasteiger partial charge in [0.05, 0.1) is 12.7 Å². The molecule has 0 saturated carbocycles. The van der Waals surface area contributed by atoms with Crippen LogP contribution in [-0.2, 0) is 4.74 Å². The third-order valence-corrected chi connectivity index (χ3v) is 4.11. The first-order chi connectivity index (χ1) is 12.2. The smallest absolute Gasteiger partial charge is 0.337 e. The predicted octanol–water partition coefficient (Wildman–Crippen LogP) is 2.51. The molecule has 3 rings (SSSR count). The van der Waals surface area contributed by atoms with Crippen LogP contribution in [0.5, 0.6) is 0 Å². The fourth-order valence-corrected chi connectivity index (χ4v) is 2.80. The zero-order valence-electron chi connectivity index (χ0n) is 14.1. The number of carbonyl (C=O) groups excluding carboxylic acids is 2. The summed E-state index contributed by atoms with van der Waals surface area (Å²) in [6.45, 7) is 1.89. The van der Waals surface area contributed by atoms with E-state index in [-0.39, 0.29) is 5.91 Å². The molecule has 0 atom stereocenters. The Kier molecular flexibility index (Phi) is 5.23. The van der Waals surface area contributed by atoms with E-state index in [9.17, 15) is 9.59 Å². The summed E-state index contributed by atoms with van der Waals surface area (Å²) < 4.78 is 4.69. The fraction of sp³-hybridized carbons (Fsp3) is 0.333. The van der Waals surface area contributed by atoms with Crippen molar-refractivity contribution in [3.8, 4) is 0 Å². The van der Waals surface area contributed by atoms with Gasteiger partial charge in [-0.15, -0.1) is 0 Å². The molecule has 1 aliphatic rings. The monoisotopic (exact) mass is 340 g/mol. The molecule has 0 radical (unpaired) electrons. The van der Waals surface area contributed by atoms with Gasteiger partial charge in [0.15, 0.2) is 0 Å². The quantitative estimate of drug-likeness (QED) is 0.861. The lowest BCUT2D eigenvalue weighted by atomic mass is 10.1. The standard InChI is InChI=1S/C18H20N4O3/c1-25-18(24)13-6-5-7-14(10-13)21-17(23)15-11-16(20-12-19-15)22-8-3-2-4-9-22/h5-7,10-12H,2-4,8-9H2,1H3,(H,21,23). The highest BCUT2D eigenvalue weighted by atomic mass is 16.5. The summed E-state index contributed by atoms with van der Waals surface area (Å²) in [6.07, 6.45) is 4.90. The number of esters is 1. The van der Waals surface area contributed by atoms with Gasteiger partial charge < -0.3 is 15.0 Å². The van der Waals surface area contributed by atoms with Crippen molar-refractivity contribution < 1.29 is 14.3 Å². The van der Waals surface area contributed by atoms with Crippen LogP contribution in [0.4, 0.5) is 11.5 Å². The average Bonchev–Trinajstić information content (AvgIpc) is 2.68. The zero-order valence-corrected chi connectivity index (χ0v) is 14.1. The molecule has 2 heterocycles. The minimum atomic E-state index is -0.453. The molecule has 130 valence electrons. The van der Waals surface area contributed by atoms with Crippen molar-refractivity contribution in [2.45, 2.75) is 19.3 Å². The fourth-order valence-electron chi connectivity index (χ4n) is 2.80. The Morgan fingerprint density at radius 2 is 1.92 bits per heavy atom. The number of ether oxygens (including phenoxy) is 1. The number of hydrogen-bond donors (Lipinski definition) is 1. The van der Waals surface area contributed by atoms with Gasteiger partial charge in [-0.05, 0) is 37.5 Å². The van der Waals surface area contributed by atoms with Gasteiger partial charge in [0.1, 0.15) is 17.8 Å². The van der Waals surface area contributed by atoms with Gasteiger partial charge in [-0.1, -0.05) is 6.07 Å². The van der Waals surface area contributed by atoms with Crippen LogP contribution >= 0.6 is 0 Å². The van der Waals surface area contributed by atoms with Crippen LogP contribution in [-0.4, -0.2) is 42.0 Å². The van der Waals surface area contributed by atoms with Crippen LogP contribution in [0, 0.1) is 0 Å². The average molecular weight is 340 g/mol. The first-order valence-electron chi connectivity index (χ1n) is 8.24. The van der Waals surface area contributed by atoms with E-state index in [1.807, 2.05) is 0 Å². The second-order valence-electron chi connectivity index (χ2n) is 5.84. The van der Waals surface area contributed by atoms with Crippen molar-refractivity contribution in [2.24, 2.45) is 0 Å². The summed E-state index contributed by atoms with van der Waals surface area (Å²) in [5.74, 6) is -0.0312. The Morgan fingerprint density at radius 1 is 1.12 bits per heavy atom. The number of nitrogens with zero attached hydrogens (tertiary/aromatic N) is 3. The highest BCUT2D eigenvalue weighted by molar-refractivity contribution is 6.03.